The van der Waals surface area contributed by atoms with Crippen LogP contribution in [-0.2, 0) is 4.79 Å². The van der Waals surface area contributed by atoms with Crippen molar-refractivity contribution in [2.45, 2.75) is 50.1 Å². The molecule has 4 nitrogen and oxygen atoms in total. The first-order valence-corrected chi connectivity index (χ1v) is 6.83. The highest BCUT2D eigenvalue weighted by molar-refractivity contribution is 5.81. The minimum absolute atomic E-state index is 0.0679. The summed E-state index contributed by atoms with van der Waals surface area (Å²) in [4.78, 5) is 14.1. The summed E-state index contributed by atoms with van der Waals surface area (Å²) in [6.45, 7) is 4.30. The molecule has 3 N–H and O–H groups in total. The Bertz CT molecular complexity index is 283. The van der Waals surface area contributed by atoms with Crippen molar-refractivity contribution < 1.29 is 4.79 Å². The lowest BCUT2D eigenvalue weighted by Gasteiger charge is -2.43. The maximum absolute atomic E-state index is 11.8. The predicted octanol–water partition coefficient (Wildman–Crippen LogP) is 1.27. The molecule has 18 heavy (non-hydrogen) atoms. The molecule has 104 valence electrons. The normalized spacial score (nSPS) is 20.4. The lowest BCUT2D eigenvalue weighted by atomic mass is 9.80. The molecule has 1 fully saturated rings. The molecule has 1 saturated carbocycles. The van der Waals surface area contributed by atoms with Crippen molar-refractivity contribution >= 4 is 5.91 Å². The SMILES string of the molecule is C=CCC(N)C(=O)NCC1(N(C)C)CCCCC1. The van der Waals surface area contributed by atoms with Gasteiger partial charge in [-0.15, -0.1) is 6.58 Å². The molecule has 1 unspecified atom stereocenters. The van der Waals surface area contributed by atoms with E-state index in [2.05, 4.69) is 30.9 Å². The van der Waals surface area contributed by atoms with Crippen LogP contribution in [0, 0.1) is 0 Å². The number of hydrogen-bond donors (Lipinski definition) is 2. The fourth-order valence-electron chi connectivity index (χ4n) is 2.66. The number of hydrogen-bond acceptors (Lipinski definition) is 3. The molecule has 0 aromatic carbocycles. The van der Waals surface area contributed by atoms with Gasteiger partial charge in [0.1, 0.15) is 0 Å². The Kier molecular flexibility index (Phi) is 5.82. The Morgan fingerprint density at radius 1 is 1.44 bits per heavy atom. The van der Waals surface area contributed by atoms with Crippen molar-refractivity contribution in [1.82, 2.24) is 10.2 Å². The van der Waals surface area contributed by atoms with Gasteiger partial charge < -0.3 is 16.0 Å². The molecule has 0 aliphatic heterocycles. The zero-order valence-corrected chi connectivity index (χ0v) is 11.7. The predicted molar refractivity (Wildman–Crippen MR) is 75.3 cm³/mol. The average molecular weight is 253 g/mol. The molecule has 1 rings (SSSR count). The van der Waals surface area contributed by atoms with Gasteiger partial charge in [0.25, 0.3) is 0 Å². The second kappa shape index (κ2) is 6.90. The minimum atomic E-state index is -0.467. The van der Waals surface area contributed by atoms with Gasteiger partial charge in [0.15, 0.2) is 0 Å². The van der Waals surface area contributed by atoms with Crippen molar-refractivity contribution in [3.05, 3.63) is 12.7 Å². The first kappa shape index (κ1) is 15.2. The first-order valence-electron chi connectivity index (χ1n) is 6.83. The summed E-state index contributed by atoms with van der Waals surface area (Å²) in [5.41, 5.74) is 5.88. The zero-order valence-electron chi connectivity index (χ0n) is 11.7. The lowest BCUT2D eigenvalue weighted by Crippen LogP contribution is -2.55. The van der Waals surface area contributed by atoms with Gasteiger partial charge in [0.2, 0.25) is 5.91 Å². The maximum Gasteiger partial charge on any atom is 0.237 e. The van der Waals surface area contributed by atoms with Gasteiger partial charge in [-0.3, -0.25) is 4.79 Å². The Morgan fingerprint density at radius 2 is 2.06 bits per heavy atom. The standard InChI is InChI=1S/C14H27N3O/c1-4-8-12(15)13(18)16-11-14(17(2)3)9-6-5-7-10-14/h4,12H,1,5-11,15H2,2-3H3,(H,16,18). The summed E-state index contributed by atoms with van der Waals surface area (Å²) in [6.07, 6.45) is 8.31. The quantitative estimate of drug-likeness (QED) is 0.701. The third-order valence-corrected chi connectivity index (χ3v) is 4.08. The molecule has 0 bridgehead atoms. The molecule has 0 aromatic rings. The van der Waals surface area contributed by atoms with E-state index in [0.717, 1.165) is 12.8 Å². The monoisotopic (exact) mass is 253 g/mol. The molecular weight excluding hydrogens is 226 g/mol. The van der Waals surface area contributed by atoms with Crippen molar-refractivity contribution in [3.8, 4) is 0 Å². The Labute approximate surface area is 111 Å². The summed E-state index contributed by atoms with van der Waals surface area (Å²) in [6, 6.07) is -0.467. The summed E-state index contributed by atoms with van der Waals surface area (Å²) >= 11 is 0. The van der Waals surface area contributed by atoms with Crippen LogP contribution in [-0.4, -0.2) is 43.0 Å². The lowest BCUT2D eigenvalue weighted by molar-refractivity contribution is -0.123. The van der Waals surface area contributed by atoms with E-state index in [1.54, 1.807) is 6.08 Å². The minimum Gasteiger partial charge on any atom is -0.353 e. The summed E-state index contributed by atoms with van der Waals surface area (Å²) in [5.74, 6) is -0.0679. The number of carbonyl (C=O) groups is 1. The molecule has 1 aliphatic rings. The number of likely N-dealkylation sites (N-methyl/N-ethyl adjacent to an activating group) is 1. The third kappa shape index (κ3) is 3.82. The molecule has 0 heterocycles. The van der Waals surface area contributed by atoms with Gasteiger partial charge in [-0.2, -0.15) is 0 Å². The number of nitrogens with two attached hydrogens (primary N) is 1. The van der Waals surface area contributed by atoms with Crippen LogP contribution in [0.25, 0.3) is 0 Å². The molecule has 0 spiro atoms. The van der Waals surface area contributed by atoms with Crippen LogP contribution in [0.4, 0.5) is 0 Å². The second-order valence-corrected chi connectivity index (χ2v) is 5.53. The van der Waals surface area contributed by atoms with E-state index in [4.69, 9.17) is 5.73 Å². The number of amides is 1. The van der Waals surface area contributed by atoms with Gasteiger partial charge >= 0.3 is 0 Å². The largest absolute Gasteiger partial charge is 0.353 e. The number of nitrogens with zero attached hydrogens (tertiary/aromatic N) is 1. The van der Waals surface area contributed by atoms with Crippen molar-refractivity contribution in [2.24, 2.45) is 5.73 Å². The third-order valence-electron chi connectivity index (χ3n) is 4.08. The molecule has 0 radical (unpaired) electrons. The molecule has 1 amide bonds. The van der Waals surface area contributed by atoms with Crippen LogP contribution in [0.5, 0.6) is 0 Å². The van der Waals surface area contributed by atoms with E-state index < -0.39 is 6.04 Å². The highest BCUT2D eigenvalue weighted by atomic mass is 16.2. The van der Waals surface area contributed by atoms with Gasteiger partial charge in [-0.25, -0.2) is 0 Å². The Hall–Kier alpha value is -0.870. The van der Waals surface area contributed by atoms with Crippen LogP contribution in [0.2, 0.25) is 0 Å². The van der Waals surface area contributed by atoms with Gasteiger partial charge in [0, 0.05) is 12.1 Å². The zero-order chi connectivity index (χ0) is 13.6. The molecule has 0 saturated heterocycles. The van der Waals surface area contributed by atoms with Gasteiger partial charge in [0.05, 0.1) is 6.04 Å². The van der Waals surface area contributed by atoms with Crippen LogP contribution in [0.15, 0.2) is 12.7 Å². The van der Waals surface area contributed by atoms with Crippen molar-refractivity contribution in [2.75, 3.05) is 20.6 Å². The number of nitrogens with one attached hydrogen (secondary N) is 1. The van der Waals surface area contributed by atoms with E-state index in [9.17, 15) is 4.79 Å². The highest BCUT2D eigenvalue weighted by Crippen LogP contribution is 2.31. The van der Waals surface area contributed by atoms with Crippen LogP contribution < -0.4 is 11.1 Å². The topological polar surface area (TPSA) is 58.4 Å². The van der Waals surface area contributed by atoms with Crippen LogP contribution >= 0.6 is 0 Å². The van der Waals surface area contributed by atoms with E-state index in [0.29, 0.717) is 13.0 Å². The molecular formula is C14H27N3O. The van der Waals surface area contributed by atoms with Crippen LogP contribution in [0.1, 0.15) is 38.5 Å². The summed E-state index contributed by atoms with van der Waals surface area (Å²) < 4.78 is 0. The Morgan fingerprint density at radius 3 is 2.56 bits per heavy atom. The molecule has 4 heteroatoms. The van der Waals surface area contributed by atoms with Crippen molar-refractivity contribution in [3.63, 3.8) is 0 Å². The smallest absolute Gasteiger partial charge is 0.237 e. The van der Waals surface area contributed by atoms with E-state index >= 15 is 0 Å². The van der Waals surface area contributed by atoms with E-state index in [1.807, 2.05) is 0 Å². The van der Waals surface area contributed by atoms with E-state index in [-0.39, 0.29) is 11.4 Å². The molecule has 0 aromatic heterocycles. The Balaban J connectivity index is 2.52. The van der Waals surface area contributed by atoms with E-state index in [1.165, 1.54) is 19.3 Å². The fourth-order valence-corrected chi connectivity index (χ4v) is 2.66. The molecule has 1 atom stereocenters. The first-order chi connectivity index (χ1) is 8.52. The highest BCUT2D eigenvalue weighted by Gasteiger charge is 2.34. The van der Waals surface area contributed by atoms with Crippen LogP contribution in [0.3, 0.4) is 0 Å². The summed E-state index contributed by atoms with van der Waals surface area (Å²) in [7, 11) is 4.20. The molecule has 1 aliphatic carbocycles. The fraction of sp³-hybridized carbons (Fsp3) is 0.786. The second-order valence-electron chi connectivity index (χ2n) is 5.53. The van der Waals surface area contributed by atoms with Gasteiger partial charge in [-0.05, 0) is 33.4 Å². The number of carbonyl (C=O) groups excluding carboxylic acids is 1. The van der Waals surface area contributed by atoms with Crippen molar-refractivity contribution in [1.29, 1.82) is 0 Å². The summed E-state index contributed by atoms with van der Waals surface area (Å²) in [5, 5.41) is 3.01. The van der Waals surface area contributed by atoms with Gasteiger partial charge in [-0.1, -0.05) is 25.3 Å². The maximum atomic E-state index is 11.8. The number of rotatable bonds is 6. The average Bonchev–Trinajstić information content (AvgIpc) is 2.37.